The zero-order chi connectivity index (χ0) is 12.1. The first-order valence-corrected chi connectivity index (χ1v) is 5.96. The molecule has 1 rings (SSSR count). The summed E-state index contributed by atoms with van der Waals surface area (Å²) < 4.78 is 0. The summed E-state index contributed by atoms with van der Waals surface area (Å²) in [6.07, 6.45) is 0. The third-order valence-corrected chi connectivity index (χ3v) is 3.16. The first-order chi connectivity index (χ1) is 7.50. The number of thioether (sulfide) groups is 1. The van der Waals surface area contributed by atoms with Crippen LogP contribution in [0.5, 0.6) is 0 Å². The Morgan fingerprint density at radius 3 is 2.62 bits per heavy atom. The first-order valence-electron chi connectivity index (χ1n) is 4.97. The molecule has 0 aliphatic rings. The van der Waals surface area contributed by atoms with Gasteiger partial charge in [0.15, 0.2) is 0 Å². The van der Waals surface area contributed by atoms with E-state index in [1.807, 2.05) is 20.2 Å². The van der Waals surface area contributed by atoms with Gasteiger partial charge in [-0.3, -0.25) is 4.79 Å². The van der Waals surface area contributed by atoms with E-state index in [1.165, 1.54) is 0 Å². The zero-order valence-corrected chi connectivity index (χ0v) is 10.4. The summed E-state index contributed by atoms with van der Waals surface area (Å²) in [6, 6.07) is 5.17. The van der Waals surface area contributed by atoms with Gasteiger partial charge in [-0.15, -0.1) is 11.8 Å². The third kappa shape index (κ3) is 3.75. The number of hydrogen-bond acceptors (Lipinski definition) is 4. The molecular weight excluding hydrogens is 222 g/mol. The number of nitrogen functional groups attached to an aromatic ring is 1. The number of nitrogens with two attached hydrogens (primary N) is 2. The summed E-state index contributed by atoms with van der Waals surface area (Å²) in [5, 5.41) is 0. The Kier molecular flexibility index (Phi) is 4.64. The minimum atomic E-state index is -0.448. The van der Waals surface area contributed by atoms with Gasteiger partial charge >= 0.3 is 0 Å². The van der Waals surface area contributed by atoms with E-state index in [9.17, 15) is 4.79 Å². The molecule has 0 unspecified atom stereocenters. The predicted octanol–water partition coefficient (Wildman–Crippen LogP) is 1.02. The molecular formula is C11H17N3OS. The van der Waals surface area contributed by atoms with Crippen molar-refractivity contribution in [1.29, 1.82) is 0 Å². The number of amides is 1. The number of carbonyl (C=O) groups excluding carboxylic acids is 1. The van der Waals surface area contributed by atoms with E-state index in [4.69, 9.17) is 11.5 Å². The fourth-order valence-electron chi connectivity index (χ4n) is 1.17. The van der Waals surface area contributed by atoms with Gasteiger partial charge in [-0.2, -0.15) is 0 Å². The third-order valence-electron chi connectivity index (χ3n) is 2.09. The molecule has 88 valence electrons. The van der Waals surface area contributed by atoms with Crippen LogP contribution in [0.3, 0.4) is 0 Å². The van der Waals surface area contributed by atoms with Gasteiger partial charge in [-0.1, -0.05) is 0 Å². The topological polar surface area (TPSA) is 72.3 Å². The molecule has 5 heteroatoms. The fraction of sp³-hybridized carbons (Fsp3) is 0.364. The van der Waals surface area contributed by atoms with Crippen LogP contribution < -0.4 is 11.5 Å². The molecule has 0 bridgehead atoms. The van der Waals surface area contributed by atoms with Gasteiger partial charge in [0.25, 0.3) is 0 Å². The average molecular weight is 239 g/mol. The second-order valence-electron chi connectivity index (χ2n) is 3.77. The normalized spacial score (nSPS) is 10.7. The monoisotopic (exact) mass is 239 g/mol. The highest BCUT2D eigenvalue weighted by atomic mass is 32.2. The average Bonchev–Trinajstić information content (AvgIpc) is 2.19. The van der Waals surface area contributed by atoms with E-state index in [0.717, 1.165) is 17.2 Å². The van der Waals surface area contributed by atoms with Gasteiger partial charge in [-0.05, 0) is 32.3 Å². The Labute approximate surface area is 100.0 Å². The zero-order valence-electron chi connectivity index (χ0n) is 9.56. The van der Waals surface area contributed by atoms with E-state index >= 15 is 0 Å². The lowest BCUT2D eigenvalue weighted by Crippen LogP contribution is -2.15. The summed E-state index contributed by atoms with van der Waals surface area (Å²) in [5.41, 5.74) is 12.1. The van der Waals surface area contributed by atoms with Crippen molar-refractivity contribution in [3.8, 4) is 0 Å². The molecule has 0 heterocycles. The van der Waals surface area contributed by atoms with Crippen molar-refractivity contribution in [2.45, 2.75) is 4.90 Å². The Morgan fingerprint density at radius 1 is 1.44 bits per heavy atom. The van der Waals surface area contributed by atoms with Crippen LogP contribution in [0.4, 0.5) is 5.69 Å². The number of carbonyl (C=O) groups is 1. The first kappa shape index (κ1) is 12.9. The molecule has 4 nitrogen and oxygen atoms in total. The van der Waals surface area contributed by atoms with E-state index in [0.29, 0.717) is 11.3 Å². The Hall–Kier alpha value is -1.20. The van der Waals surface area contributed by atoms with Gasteiger partial charge in [0.1, 0.15) is 0 Å². The van der Waals surface area contributed by atoms with E-state index < -0.39 is 5.91 Å². The molecule has 0 saturated carbocycles. The lowest BCUT2D eigenvalue weighted by Gasteiger charge is -2.10. The number of benzene rings is 1. The Morgan fingerprint density at radius 2 is 2.12 bits per heavy atom. The molecule has 0 aromatic heterocycles. The maximum atomic E-state index is 10.9. The van der Waals surface area contributed by atoms with Crippen molar-refractivity contribution in [3.63, 3.8) is 0 Å². The molecule has 0 spiro atoms. The van der Waals surface area contributed by atoms with E-state index in [-0.39, 0.29) is 0 Å². The van der Waals surface area contributed by atoms with Crippen molar-refractivity contribution < 1.29 is 4.79 Å². The quantitative estimate of drug-likeness (QED) is 0.594. The molecule has 1 aromatic carbocycles. The minimum absolute atomic E-state index is 0.448. The smallest absolute Gasteiger partial charge is 0.248 e. The SMILES string of the molecule is CN(C)CCSc1ccc(C(N)=O)cc1N. The van der Waals surface area contributed by atoms with Gasteiger partial charge in [0.05, 0.1) is 0 Å². The Bertz CT molecular complexity index is 379. The van der Waals surface area contributed by atoms with Crippen molar-refractivity contribution in [1.82, 2.24) is 4.90 Å². The van der Waals surface area contributed by atoms with E-state index in [2.05, 4.69) is 4.90 Å². The highest BCUT2D eigenvalue weighted by Crippen LogP contribution is 2.25. The van der Waals surface area contributed by atoms with Crippen LogP contribution in [0.15, 0.2) is 23.1 Å². The summed E-state index contributed by atoms with van der Waals surface area (Å²) >= 11 is 1.68. The van der Waals surface area contributed by atoms with Crippen LogP contribution >= 0.6 is 11.8 Å². The number of primary amides is 1. The molecule has 16 heavy (non-hydrogen) atoms. The van der Waals surface area contributed by atoms with Crippen molar-refractivity contribution in [3.05, 3.63) is 23.8 Å². The largest absolute Gasteiger partial charge is 0.398 e. The van der Waals surface area contributed by atoms with Gasteiger partial charge < -0.3 is 16.4 Å². The van der Waals surface area contributed by atoms with Crippen LogP contribution in [-0.4, -0.2) is 37.2 Å². The summed E-state index contributed by atoms with van der Waals surface area (Å²) in [7, 11) is 4.06. The van der Waals surface area contributed by atoms with Crippen LogP contribution in [0, 0.1) is 0 Å². The van der Waals surface area contributed by atoms with Crippen molar-refractivity contribution in [2.24, 2.45) is 5.73 Å². The number of anilines is 1. The molecule has 0 saturated heterocycles. The number of hydrogen-bond donors (Lipinski definition) is 2. The Balaban J connectivity index is 2.64. The highest BCUT2D eigenvalue weighted by molar-refractivity contribution is 7.99. The number of nitrogens with zero attached hydrogens (tertiary/aromatic N) is 1. The maximum absolute atomic E-state index is 10.9. The van der Waals surface area contributed by atoms with Crippen LogP contribution in [0.1, 0.15) is 10.4 Å². The van der Waals surface area contributed by atoms with Gasteiger partial charge in [-0.25, -0.2) is 0 Å². The molecule has 0 aliphatic carbocycles. The highest BCUT2D eigenvalue weighted by Gasteiger charge is 2.05. The molecule has 4 N–H and O–H groups in total. The summed E-state index contributed by atoms with van der Waals surface area (Å²) in [4.78, 5) is 14.0. The van der Waals surface area contributed by atoms with Gasteiger partial charge in [0, 0.05) is 28.4 Å². The molecule has 0 atom stereocenters. The number of rotatable bonds is 5. The van der Waals surface area contributed by atoms with Crippen molar-refractivity contribution in [2.75, 3.05) is 32.1 Å². The second kappa shape index (κ2) is 5.77. The lowest BCUT2D eigenvalue weighted by molar-refractivity contribution is 0.100. The molecule has 1 amide bonds. The van der Waals surface area contributed by atoms with Crippen LogP contribution in [0.2, 0.25) is 0 Å². The molecule has 1 aromatic rings. The van der Waals surface area contributed by atoms with Crippen molar-refractivity contribution >= 4 is 23.4 Å². The maximum Gasteiger partial charge on any atom is 0.248 e. The van der Waals surface area contributed by atoms with E-state index in [1.54, 1.807) is 23.9 Å². The molecule has 0 fully saturated rings. The minimum Gasteiger partial charge on any atom is -0.398 e. The van der Waals surface area contributed by atoms with Crippen LogP contribution in [-0.2, 0) is 0 Å². The summed E-state index contributed by atoms with van der Waals surface area (Å²) in [5.74, 6) is 0.518. The predicted molar refractivity (Wildman–Crippen MR) is 68.7 cm³/mol. The fourth-order valence-corrected chi connectivity index (χ4v) is 2.24. The molecule has 0 aliphatic heterocycles. The second-order valence-corrected chi connectivity index (χ2v) is 4.91. The van der Waals surface area contributed by atoms with Gasteiger partial charge in [0.2, 0.25) is 5.91 Å². The standard InChI is InChI=1S/C11H17N3OS/c1-14(2)5-6-16-10-4-3-8(11(13)15)7-9(10)12/h3-4,7H,5-6,12H2,1-2H3,(H2,13,15). The van der Waals surface area contributed by atoms with Crippen LogP contribution in [0.25, 0.3) is 0 Å². The lowest BCUT2D eigenvalue weighted by atomic mass is 10.2. The molecule has 0 radical (unpaired) electrons. The summed E-state index contributed by atoms with van der Waals surface area (Å²) in [6.45, 7) is 0.988.